The smallest absolute Gasteiger partial charge is 0.146 e. The largest absolute Gasteiger partial charge is 0.497 e. The van der Waals surface area contributed by atoms with Crippen molar-refractivity contribution in [3.63, 3.8) is 0 Å². The van der Waals surface area contributed by atoms with E-state index in [9.17, 15) is 8.78 Å². The van der Waals surface area contributed by atoms with Gasteiger partial charge in [-0.1, -0.05) is 6.07 Å². The molecule has 19 heavy (non-hydrogen) atoms. The standard InChI is InChI=1S/C15H15F2NO/c1-10-7-12(16)4-3-11(10)9-18-15-8-13(19-2)5-6-14(15)17/h3-8,18H,9H2,1-2H3. The van der Waals surface area contributed by atoms with Crippen LogP contribution in [0, 0.1) is 18.6 Å². The third-order valence-electron chi connectivity index (χ3n) is 2.95. The Kier molecular flexibility index (Phi) is 4.00. The quantitative estimate of drug-likeness (QED) is 0.903. The summed E-state index contributed by atoms with van der Waals surface area (Å²) in [4.78, 5) is 0. The number of hydrogen-bond acceptors (Lipinski definition) is 2. The van der Waals surface area contributed by atoms with E-state index in [2.05, 4.69) is 5.32 Å². The van der Waals surface area contributed by atoms with E-state index in [0.29, 0.717) is 18.0 Å². The number of hydrogen-bond donors (Lipinski definition) is 1. The van der Waals surface area contributed by atoms with E-state index >= 15 is 0 Å². The van der Waals surface area contributed by atoms with Crippen molar-refractivity contribution in [1.82, 2.24) is 0 Å². The van der Waals surface area contributed by atoms with E-state index in [1.165, 1.54) is 25.3 Å². The van der Waals surface area contributed by atoms with Crippen molar-refractivity contribution in [1.29, 1.82) is 0 Å². The van der Waals surface area contributed by atoms with Crippen molar-refractivity contribution < 1.29 is 13.5 Å². The third kappa shape index (κ3) is 3.22. The molecule has 0 aliphatic carbocycles. The lowest BCUT2D eigenvalue weighted by atomic mass is 10.1. The molecule has 2 rings (SSSR count). The minimum absolute atomic E-state index is 0.270. The van der Waals surface area contributed by atoms with Gasteiger partial charge < -0.3 is 10.1 Å². The van der Waals surface area contributed by atoms with Gasteiger partial charge in [0.1, 0.15) is 17.4 Å². The first kappa shape index (κ1) is 13.3. The van der Waals surface area contributed by atoms with E-state index in [0.717, 1.165) is 11.1 Å². The van der Waals surface area contributed by atoms with Gasteiger partial charge in [-0.2, -0.15) is 0 Å². The van der Waals surface area contributed by atoms with Gasteiger partial charge >= 0.3 is 0 Å². The second-order valence-corrected chi connectivity index (χ2v) is 4.27. The maximum Gasteiger partial charge on any atom is 0.146 e. The van der Waals surface area contributed by atoms with Crippen LogP contribution in [0.25, 0.3) is 0 Å². The Labute approximate surface area is 111 Å². The highest BCUT2D eigenvalue weighted by Crippen LogP contribution is 2.22. The van der Waals surface area contributed by atoms with Crippen LogP contribution in [0.3, 0.4) is 0 Å². The summed E-state index contributed by atoms with van der Waals surface area (Å²) in [7, 11) is 1.53. The zero-order valence-corrected chi connectivity index (χ0v) is 10.8. The molecule has 0 unspecified atom stereocenters. The first-order valence-corrected chi connectivity index (χ1v) is 5.92. The lowest BCUT2D eigenvalue weighted by Crippen LogP contribution is -2.03. The Morgan fingerprint density at radius 2 is 1.89 bits per heavy atom. The van der Waals surface area contributed by atoms with Crippen LogP contribution < -0.4 is 10.1 Å². The minimum atomic E-state index is -0.347. The van der Waals surface area contributed by atoms with Crippen LogP contribution in [-0.4, -0.2) is 7.11 Å². The number of ether oxygens (including phenoxy) is 1. The SMILES string of the molecule is COc1ccc(F)c(NCc2ccc(F)cc2C)c1. The molecule has 0 aliphatic heterocycles. The summed E-state index contributed by atoms with van der Waals surface area (Å²) in [6.45, 7) is 2.25. The van der Waals surface area contributed by atoms with Crippen molar-refractivity contribution in [2.75, 3.05) is 12.4 Å². The fourth-order valence-electron chi connectivity index (χ4n) is 1.81. The van der Waals surface area contributed by atoms with Crippen LogP contribution in [-0.2, 0) is 6.54 Å². The van der Waals surface area contributed by atoms with Gasteiger partial charge in [0.15, 0.2) is 0 Å². The Bertz CT molecular complexity index is 584. The van der Waals surface area contributed by atoms with Crippen LogP contribution in [0.1, 0.15) is 11.1 Å². The topological polar surface area (TPSA) is 21.3 Å². The molecule has 2 aromatic rings. The molecular formula is C15H15F2NO. The van der Waals surface area contributed by atoms with E-state index in [1.807, 2.05) is 6.92 Å². The molecule has 0 radical (unpaired) electrons. The molecule has 0 aromatic heterocycles. The molecule has 0 heterocycles. The molecule has 100 valence electrons. The van der Waals surface area contributed by atoms with Gasteiger partial charge in [-0.25, -0.2) is 8.78 Å². The van der Waals surface area contributed by atoms with Crippen LogP contribution in [0.2, 0.25) is 0 Å². The summed E-state index contributed by atoms with van der Waals surface area (Å²) in [6.07, 6.45) is 0. The molecule has 0 saturated carbocycles. The van der Waals surface area contributed by atoms with Gasteiger partial charge in [0.2, 0.25) is 0 Å². The first-order valence-electron chi connectivity index (χ1n) is 5.92. The van der Waals surface area contributed by atoms with Gasteiger partial charge in [0, 0.05) is 12.6 Å². The normalized spacial score (nSPS) is 10.3. The van der Waals surface area contributed by atoms with Crippen molar-refractivity contribution in [2.24, 2.45) is 0 Å². The molecule has 0 fully saturated rings. The fraction of sp³-hybridized carbons (Fsp3) is 0.200. The van der Waals surface area contributed by atoms with Crippen molar-refractivity contribution in [3.05, 3.63) is 59.2 Å². The summed E-state index contributed by atoms with van der Waals surface area (Å²) in [6, 6.07) is 9.04. The lowest BCUT2D eigenvalue weighted by Gasteiger charge is -2.11. The molecule has 4 heteroatoms. The van der Waals surface area contributed by atoms with Crippen LogP contribution in [0.15, 0.2) is 36.4 Å². The van der Waals surface area contributed by atoms with Crippen molar-refractivity contribution in [2.45, 2.75) is 13.5 Å². The highest BCUT2D eigenvalue weighted by Gasteiger charge is 2.05. The van der Waals surface area contributed by atoms with E-state index in [-0.39, 0.29) is 11.6 Å². The number of rotatable bonds is 4. The maximum absolute atomic E-state index is 13.6. The number of halogens is 2. The monoisotopic (exact) mass is 263 g/mol. The molecule has 0 amide bonds. The Hall–Kier alpha value is -2.10. The molecule has 2 nitrogen and oxygen atoms in total. The lowest BCUT2D eigenvalue weighted by molar-refractivity contribution is 0.414. The van der Waals surface area contributed by atoms with Gasteiger partial charge in [-0.15, -0.1) is 0 Å². The minimum Gasteiger partial charge on any atom is -0.497 e. The molecular weight excluding hydrogens is 248 g/mol. The van der Waals surface area contributed by atoms with E-state index in [4.69, 9.17) is 4.74 Å². The summed E-state index contributed by atoms with van der Waals surface area (Å²) in [5.74, 6) is -0.0332. The first-order chi connectivity index (χ1) is 9.10. The zero-order chi connectivity index (χ0) is 13.8. The Morgan fingerprint density at radius 1 is 1.11 bits per heavy atom. The highest BCUT2D eigenvalue weighted by molar-refractivity contribution is 5.50. The van der Waals surface area contributed by atoms with Crippen molar-refractivity contribution >= 4 is 5.69 Å². The predicted octanol–water partition coefficient (Wildman–Crippen LogP) is 3.89. The fourth-order valence-corrected chi connectivity index (χ4v) is 1.81. The van der Waals surface area contributed by atoms with Crippen LogP contribution in [0.5, 0.6) is 5.75 Å². The van der Waals surface area contributed by atoms with Gasteiger partial charge in [-0.3, -0.25) is 0 Å². The van der Waals surface area contributed by atoms with Gasteiger partial charge in [0.05, 0.1) is 12.8 Å². The molecule has 0 saturated heterocycles. The summed E-state index contributed by atoms with van der Waals surface area (Å²) >= 11 is 0. The summed E-state index contributed by atoms with van der Waals surface area (Å²) in [5, 5.41) is 2.99. The van der Waals surface area contributed by atoms with E-state index in [1.54, 1.807) is 18.2 Å². The van der Waals surface area contributed by atoms with Gasteiger partial charge in [-0.05, 0) is 42.3 Å². The second-order valence-electron chi connectivity index (χ2n) is 4.27. The molecule has 2 aromatic carbocycles. The molecule has 1 N–H and O–H groups in total. The predicted molar refractivity (Wildman–Crippen MR) is 71.4 cm³/mol. The number of aryl methyl sites for hydroxylation is 1. The number of nitrogens with one attached hydrogen (secondary N) is 1. The van der Waals surface area contributed by atoms with Gasteiger partial charge in [0.25, 0.3) is 0 Å². The van der Waals surface area contributed by atoms with Crippen LogP contribution >= 0.6 is 0 Å². The molecule has 0 spiro atoms. The average molecular weight is 263 g/mol. The summed E-state index contributed by atoms with van der Waals surface area (Å²) < 4.78 is 31.6. The molecule has 0 atom stereocenters. The summed E-state index contributed by atoms with van der Waals surface area (Å²) in [5.41, 5.74) is 2.11. The third-order valence-corrected chi connectivity index (χ3v) is 2.95. The van der Waals surface area contributed by atoms with Crippen LogP contribution in [0.4, 0.5) is 14.5 Å². The zero-order valence-electron chi connectivity index (χ0n) is 10.8. The molecule has 0 bridgehead atoms. The number of benzene rings is 2. The Balaban J connectivity index is 2.14. The number of methoxy groups -OCH3 is 1. The second kappa shape index (κ2) is 5.69. The molecule has 0 aliphatic rings. The average Bonchev–Trinajstić information content (AvgIpc) is 2.39. The maximum atomic E-state index is 13.6. The van der Waals surface area contributed by atoms with E-state index < -0.39 is 0 Å². The Morgan fingerprint density at radius 3 is 2.58 bits per heavy atom. The number of anilines is 1. The highest BCUT2D eigenvalue weighted by atomic mass is 19.1. The van der Waals surface area contributed by atoms with Crippen molar-refractivity contribution in [3.8, 4) is 5.75 Å².